The topological polar surface area (TPSA) is 100 Å². The maximum atomic E-state index is 13.5. The number of nitrogens with zero attached hydrogens (tertiary/aromatic N) is 2. The van der Waals surface area contributed by atoms with Crippen molar-refractivity contribution in [3.05, 3.63) is 35.9 Å². The van der Waals surface area contributed by atoms with Crippen LogP contribution in [-0.2, 0) is 0 Å². The number of nitrogens with one attached hydrogen (secondary N) is 2. The highest BCUT2D eigenvalue weighted by Gasteiger charge is 2.18. The molecule has 0 spiro atoms. The molecule has 0 aliphatic heterocycles. The van der Waals surface area contributed by atoms with Crippen molar-refractivity contribution < 1.29 is 9.18 Å². The lowest BCUT2D eigenvalue weighted by atomic mass is 10.1. The van der Waals surface area contributed by atoms with E-state index in [1.165, 1.54) is 12.1 Å². The fourth-order valence-electron chi connectivity index (χ4n) is 1.91. The summed E-state index contributed by atoms with van der Waals surface area (Å²) in [7, 11) is 0. The van der Waals surface area contributed by atoms with Crippen LogP contribution in [0, 0.1) is 5.82 Å². The Hall–Kier alpha value is -2.70. The summed E-state index contributed by atoms with van der Waals surface area (Å²) in [6, 6.07) is 4.40. The molecule has 0 saturated heterocycles. The van der Waals surface area contributed by atoms with Gasteiger partial charge in [-0.25, -0.2) is 4.39 Å². The molecule has 3 rings (SSSR count). The number of hydrogen-bond donors (Lipinski definition) is 3. The van der Waals surface area contributed by atoms with E-state index in [1.54, 1.807) is 12.3 Å². The van der Waals surface area contributed by atoms with E-state index in [0.717, 1.165) is 0 Å². The molecule has 0 fully saturated rings. The fraction of sp³-hybridized carbons (Fsp3) is 0. The molecule has 0 atom stereocenters. The van der Waals surface area contributed by atoms with Crippen LogP contribution in [0.15, 0.2) is 24.4 Å². The lowest BCUT2D eigenvalue weighted by Crippen LogP contribution is -2.12. The lowest BCUT2D eigenvalue weighted by molar-refractivity contribution is 0.0996. The number of halogens is 1. The van der Waals surface area contributed by atoms with E-state index in [4.69, 9.17) is 5.73 Å². The third kappa shape index (κ3) is 1.45. The van der Waals surface area contributed by atoms with Crippen LogP contribution in [0.1, 0.15) is 10.5 Å². The third-order valence-corrected chi connectivity index (χ3v) is 2.66. The Morgan fingerprint density at radius 3 is 2.94 bits per heavy atom. The average Bonchev–Trinajstić information content (AvgIpc) is 2.95. The van der Waals surface area contributed by atoms with Gasteiger partial charge in [-0.3, -0.25) is 4.79 Å². The summed E-state index contributed by atoms with van der Waals surface area (Å²) < 4.78 is 13.5. The van der Waals surface area contributed by atoms with Gasteiger partial charge in [0.15, 0.2) is 5.69 Å². The first-order chi connectivity index (χ1) is 8.66. The molecule has 0 radical (unpaired) electrons. The second-order valence-electron chi connectivity index (χ2n) is 3.78. The average molecular weight is 245 g/mol. The monoisotopic (exact) mass is 245 g/mol. The first-order valence-electron chi connectivity index (χ1n) is 5.14. The molecule has 0 unspecified atom stereocenters. The molecule has 7 heteroatoms. The molecule has 1 aromatic carbocycles. The Morgan fingerprint density at radius 1 is 1.33 bits per heavy atom. The molecular weight excluding hydrogens is 237 g/mol. The summed E-state index contributed by atoms with van der Waals surface area (Å²) in [4.78, 5) is 14.2. The summed E-state index contributed by atoms with van der Waals surface area (Å²) in [5.41, 5.74) is 6.52. The molecule has 1 amide bonds. The first-order valence-corrected chi connectivity index (χ1v) is 5.14. The number of aromatic amines is 2. The molecule has 0 aliphatic carbocycles. The van der Waals surface area contributed by atoms with Gasteiger partial charge in [0.05, 0.1) is 5.52 Å². The Balaban J connectivity index is 2.34. The Kier molecular flexibility index (Phi) is 2.12. The van der Waals surface area contributed by atoms with Crippen LogP contribution in [-0.4, -0.2) is 26.3 Å². The minimum absolute atomic E-state index is 0.0171. The summed E-state index contributed by atoms with van der Waals surface area (Å²) in [5, 5.41) is 10.5. The van der Waals surface area contributed by atoms with Crippen molar-refractivity contribution in [1.82, 2.24) is 20.4 Å². The van der Waals surface area contributed by atoms with Gasteiger partial charge in [-0.15, -0.1) is 0 Å². The van der Waals surface area contributed by atoms with E-state index in [1.807, 2.05) is 0 Å². The number of primary amides is 1. The highest BCUT2D eigenvalue weighted by Crippen LogP contribution is 2.28. The third-order valence-electron chi connectivity index (χ3n) is 2.66. The van der Waals surface area contributed by atoms with Crippen molar-refractivity contribution in [2.24, 2.45) is 5.73 Å². The van der Waals surface area contributed by atoms with Crippen LogP contribution in [0.25, 0.3) is 22.2 Å². The number of carbonyl (C=O) groups excluding carboxylic acids is 1. The standard InChI is InChI=1S/C11H8FN5O/c12-6-3-5-1-2-14-8(5)7(4-6)9-10(11(13)18)16-17-15-9/h1-4,14H,(H2,13,18)(H,15,16,17). The molecule has 18 heavy (non-hydrogen) atoms. The largest absolute Gasteiger partial charge is 0.364 e. The number of H-pyrrole nitrogens is 2. The van der Waals surface area contributed by atoms with Crippen LogP contribution in [0.5, 0.6) is 0 Å². The Bertz CT molecular complexity index is 745. The Labute approximate surface area is 100.0 Å². The zero-order valence-corrected chi connectivity index (χ0v) is 9.07. The van der Waals surface area contributed by atoms with Crippen LogP contribution in [0.2, 0.25) is 0 Å². The number of hydrogen-bond acceptors (Lipinski definition) is 3. The van der Waals surface area contributed by atoms with Crippen LogP contribution >= 0.6 is 0 Å². The van der Waals surface area contributed by atoms with Crippen LogP contribution < -0.4 is 5.73 Å². The first kappa shape index (κ1) is 10.5. The molecule has 0 saturated carbocycles. The second kappa shape index (κ2) is 3.66. The van der Waals surface area contributed by atoms with Crippen LogP contribution in [0.3, 0.4) is 0 Å². The van der Waals surface area contributed by atoms with Gasteiger partial charge in [-0.2, -0.15) is 15.4 Å². The van der Waals surface area contributed by atoms with E-state index in [0.29, 0.717) is 16.5 Å². The second-order valence-corrected chi connectivity index (χ2v) is 3.78. The van der Waals surface area contributed by atoms with Gasteiger partial charge in [0, 0.05) is 17.1 Å². The highest BCUT2D eigenvalue weighted by atomic mass is 19.1. The zero-order valence-electron chi connectivity index (χ0n) is 9.07. The van der Waals surface area contributed by atoms with E-state index in [2.05, 4.69) is 20.4 Å². The van der Waals surface area contributed by atoms with Gasteiger partial charge >= 0.3 is 0 Å². The minimum Gasteiger partial charge on any atom is -0.364 e. The number of amides is 1. The SMILES string of the molecule is NC(=O)c1n[nH]nc1-c1cc(F)cc2cc[nH]c12. The molecule has 90 valence electrons. The maximum Gasteiger partial charge on any atom is 0.271 e. The van der Waals surface area contributed by atoms with E-state index < -0.39 is 11.7 Å². The quantitative estimate of drug-likeness (QED) is 0.632. The van der Waals surface area contributed by atoms with E-state index >= 15 is 0 Å². The normalized spacial score (nSPS) is 10.9. The van der Waals surface area contributed by atoms with Crippen molar-refractivity contribution >= 4 is 16.8 Å². The molecule has 2 heterocycles. The summed E-state index contributed by atoms with van der Waals surface area (Å²) in [6.07, 6.45) is 1.68. The number of carbonyl (C=O) groups is 1. The number of fused-ring (bicyclic) bond motifs is 1. The maximum absolute atomic E-state index is 13.5. The highest BCUT2D eigenvalue weighted by molar-refractivity contribution is 6.01. The van der Waals surface area contributed by atoms with Gasteiger partial charge in [-0.05, 0) is 18.2 Å². The van der Waals surface area contributed by atoms with Crippen molar-refractivity contribution in [1.29, 1.82) is 0 Å². The van der Waals surface area contributed by atoms with E-state index in [-0.39, 0.29) is 11.4 Å². The number of rotatable bonds is 2. The predicted molar refractivity (Wildman–Crippen MR) is 62.2 cm³/mol. The zero-order chi connectivity index (χ0) is 12.7. The minimum atomic E-state index is -0.720. The number of benzene rings is 1. The van der Waals surface area contributed by atoms with Crippen molar-refractivity contribution in [2.75, 3.05) is 0 Å². The summed E-state index contributed by atoms with van der Waals surface area (Å²) in [5.74, 6) is -1.14. The lowest BCUT2D eigenvalue weighted by Gasteiger charge is -2.01. The van der Waals surface area contributed by atoms with Crippen LogP contribution in [0.4, 0.5) is 4.39 Å². The smallest absolute Gasteiger partial charge is 0.271 e. The van der Waals surface area contributed by atoms with Gasteiger partial charge in [0.25, 0.3) is 5.91 Å². The van der Waals surface area contributed by atoms with Gasteiger partial charge in [0.2, 0.25) is 0 Å². The number of aromatic nitrogens is 4. The molecule has 3 aromatic rings. The fourth-order valence-corrected chi connectivity index (χ4v) is 1.91. The molecule has 0 aliphatic rings. The molecular formula is C11H8FN5O. The Morgan fingerprint density at radius 2 is 2.17 bits per heavy atom. The molecule has 4 N–H and O–H groups in total. The van der Waals surface area contributed by atoms with Gasteiger partial charge < -0.3 is 10.7 Å². The van der Waals surface area contributed by atoms with Gasteiger partial charge in [0.1, 0.15) is 11.5 Å². The molecule has 2 aromatic heterocycles. The summed E-state index contributed by atoms with van der Waals surface area (Å²) in [6.45, 7) is 0. The van der Waals surface area contributed by atoms with Crippen molar-refractivity contribution in [3.63, 3.8) is 0 Å². The van der Waals surface area contributed by atoms with Crippen molar-refractivity contribution in [2.45, 2.75) is 0 Å². The summed E-state index contributed by atoms with van der Waals surface area (Å²) >= 11 is 0. The van der Waals surface area contributed by atoms with Gasteiger partial charge in [-0.1, -0.05) is 0 Å². The molecule has 6 nitrogen and oxygen atoms in total. The predicted octanol–water partition coefficient (Wildman–Crippen LogP) is 1.19. The number of nitrogens with two attached hydrogens (primary N) is 1. The molecule has 0 bridgehead atoms. The van der Waals surface area contributed by atoms with Crippen molar-refractivity contribution in [3.8, 4) is 11.3 Å². The van der Waals surface area contributed by atoms with E-state index in [9.17, 15) is 9.18 Å².